The molecule has 0 aliphatic rings. The zero-order chi connectivity index (χ0) is 11.9. The van der Waals surface area contributed by atoms with Crippen molar-refractivity contribution in [3.63, 3.8) is 0 Å². The topological polar surface area (TPSA) is 38.0 Å². The first-order valence-corrected chi connectivity index (χ1v) is 5.33. The molecular weight excluding hydrogens is 200 g/mol. The quantitative estimate of drug-likeness (QED) is 0.796. The van der Waals surface area contributed by atoms with E-state index in [9.17, 15) is 5.11 Å². The minimum absolute atomic E-state index is 0.278. The van der Waals surface area contributed by atoms with Crippen LogP contribution in [-0.4, -0.2) is 14.9 Å². The maximum absolute atomic E-state index is 9.75. The summed E-state index contributed by atoms with van der Waals surface area (Å²) in [6, 6.07) is 6.20. The fourth-order valence-corrected chi connectivity index (χ4v) is 1.91. The number of hydrogen-bond acceptors (Lipinski definition) is 2. The third kappa shape index (κ3) is 1.58. The van der Waals surface area contributed by atoms with Crippen molar-refractivity contribution in [1.29, 1.82) is 0 Å². The summed E-state index contributed by atoms with van der Waals surface area (Å²) in [7, 11) is 0. The standard InChI is InChI=1S/C13H16N2O/c1-8-5-6-12(9(2)7-8)15-11(4)13(16)10(3)14-15/h5-7,16H,1-4H3. The zero-order valence-corrected chi connectivity index (χ0v) is 10.1. The molecule has 3 nitrogen and oxygen atoms in total. The Bertz CT molecular complexity index is 541. The molecule has 0 fully saturated rings. The maximum Gasteiger partial charge on any atom is 0.159 e. The van der Waals surface area contributed by atoms with Gasteiger partial charge in [0, 0.05) is 0 Å². The van der Waals surface area contributed by atoms with Gasteiger partial charge in [-0.2, -0.15) is 5.10 Å². The molecule has 0 bridgehead atoms. The minimum Gasteiger partial charge on any atom is -0.504 e. The first-order valence-electron chi connectivity index (χ1n) is 5.33. The second-order valence-corrected chi connectivity index (χ2v) is 4.22. The van der Waals surface area contributed by atoms with E-state index in [0.29, 0.717) is 5.69 Å². The Kier molecular flexibility index (Phi) is 2.46. The van der Waals surface area contributed by atoms with Crippen LogP contribution in [0.3, 0.4) is 0 Å². The predicted octanol–water partition coefficient (Wildman–Crippen LogP) is 2.81. The highest BCUT2D eigenvalue weighted by molar-refractivity contribution is 5.45. The number of aromatic hydroxyl groups is 1. The molecule has 16 heavy (non-hydrogen) atoms. The highest BCUT2D eigenvalue weighted by atomic mass is 16.3. The molecule has 1 aromatic carbocycles. The molecule has 1 N–H and O–H groups in total. The SMILES string of the molecule is Cc1ccc(-n2nc(C)c(O)c2C)c(C)c1. The van der Waals surface area contributed by atoms with Crippen molar-refractivity contribution in [2.75, 3.05) is 0 Å². The van der Waals surface area contributed by atoms with Crippen LogP contribution in [-0.2, 0) is 0 Å². The number of aromatic nitrogens is 2. The molecule has 0 aliphatic carbocycles. The van der Waals surface area contributed by atoms with E-state index in [1.165, 1.54) is 5.56 Å². The largest absolute Gasteiger partial charge is 0.504 e. The molecule has 0 atom stereocenters. The van der Waals surface area contributed by atoms with Crippen molar-refractivity contribution in [2.24, 2.45) is 0 Å². The smallest absolute Gasteiger partial charge is 0.159 e. The maximum atomic E-state index is 9.75. The molecule has 0 saturated carbocycles. The fraction of sp³-hybridized carbons (Fsp3) is 0.308. The van der Waals surface area contributed by atoms with Crippen molar-refractivity contribution in [1.82, 2.24) is 9.78 Å². The Hall–Kier alpha value is -1.77. The van der Waals surface area contributed by atoms with Crippen LogP contribution in [0.2, 0.25) is 0 Å². The summed E-state index contributed by atoms with van der Waals surface area (Å²) >= 11 is 0. The summed E-state index contributed by atoms with van der Waals surface area (Å²) in [4.78, 5) is 0. The third-order valence-electron chi connectivity index (χ3n) is 2.83. The van der Waals surface area contributed by atoms with Crippen molar-refractivity contribution >= 4 is 0 Å². The fourth-order valence-electron chi connectivity index (χ4n) is 1.91. The highest BCUT2D eigenvalue weighted by Gasteiger charge is 2.12. The van der Waals surface area contributed by atoms with Gasteiger partial charge in [-0.25, -0.2) is 4.68 Å². The summed E-state index contributed by atoms with van der Waals surface area (Å²) in [6.45, 7) is 7.79. The number of benzene rings is 1. The average molecular weight is 216 g/mol. The lowest BCUT2D eigenvalue weighted by atomic mass is 10.1. The number of rotatable bonds is 1. The van der Waals surface area contributed by atoms with Crippen molar-refractivity contribution in [2.45, 2.75) is 27.7 Å². The van der Waals surface area contributed by atoms with E-state index in [0.717, 1.165) is 16.9 Å². The summed E-state index contributed by atoms with van der Waals surface area (Å²) < 4.78 is 1.79. The molecule has 0 unspecified atom stereocenters. The molecule has 0 radical (unpaired) electrons. The van der Waals surface area contributed by atoms with Gasteiger partial charge in [-0.15, -0.1) is 0 Å². The van der Waals surface area contributed by atoms with Crippen LogP contribution >= 0.6 is 0 Å². The summed E-state index contributed by atoms with van der Waals surface area (Å²) in [6.07, 6.45) is 0. The monoisotopic (exact) mass is 216 g/mol. The third-order valence-corrected chi connectivity index (χ3v) is 2.83. The van der Waals surface area contributed by atoms with Crippen LogP contribution in [0.25, 0.3) is 5.69 Å². The molecular formula is C13H16N2O. The minimum atomic E-state index is 0.278. The first kappa shape index (κ1) is 10.7. The van der Waals surface area contributed by atoms with E-state index in [4.69, 9.17) is 0 Å². The van der Waals surface area contributed by atoms with Crippen LogP contribution in [0.4, 0.5) is 0 Å². The van der Waals surface area contributed by atoms with Gasteiger partial charge in [-0.3, -0.25) is 0 Å². The Morgan fingerprint density at radius 1 is 1.12 bits per heavy atom. The van der Waals surface area contributed by atoms with Gasteiger partial charge in [0.05, 0.1) is 11.4 Å². The second-order valence-electron chi connectivity index (χ2n) is 4.22. The lowest BCUT2D eigenvalue weighted by Gasteiger charge is -2.08. The summed E-state index contributed by atoms with van der Waals surface area (Å²) in [5, 5.41) is 14.1. The summed E-state index contributed by atoms with van der Waals surface area (Å²) in [5.41, 5.74) is 4.85. The highest BCUT2D eigenvalue weighted by Crippen LogP contribution is 2.25. The van der Waals surface area contributed by atoms with Gasteiger partial charge in [0.1, 0.15) is 5.69 Å². The molecule has 0 spiro atoms. The summed E-state index contributed by atoms with van der Waals surface area (Å²) in [5.74, 6) is 0.278. The van der Waals surface area contributed by atoms with Crippen LogP contribution in [0.1, 0.15) is 22.5 Å². The zero-order valence-electron chi connectivity index (χ0n) is 10.1. The van der Waals surface area contributed by atoms with E-state index in [2.05, 4.69) is 31.1 Å². The van der Waals surface area contributed by atoms with Crippen molar-refractivity contribution in [3.05, 3.63) is 40.7 Å². The van der Waals surface area contributed by atoms with Gasteiger partial charge in [-0.1, -0.05) is 17.7 Å². The van der Waals surface area contributed by atoms with E-state index >= 15 is 0 Å². The molecule has 1 aromatic heterocycles. The Morgan fingerprint density at radius 2 is 1.81 bits per heavy atom. The van der Waals surface area contributed by atoms with Gasteiger partial charge < -0.3 is 5.11 Å². The lowest BCUT2D eigenvalue weighted by molar-refractivity contribution is 0.466. The van der Waals surface area contributed by atoms with Gasteiger partial charge in [0.25, 0.3) is 0 Å². The normalized spacial score (nSPS) is 10.8. The van der Waals surface area contributed by atoms with Gasteiger partial charge in [0.15, 0.2) is 5.75 Å². The molecule has 0 saturated heterocycles. The van der Waals surface area contributed by atoms with E-state index in [1.54, 1.807) is 4.68 Å². The van der Waals surface area contributed by atoms with Crippen molar-refractivity contribution < 1.29 is 5.11 Å². The van der Waals surface area contributed by atoms with Gasteiger partial charge in [-0.05, 0) is 39.3 Å². The van der Waals surface area contributed by atoms with E-state index in [-0.39, 0.29) is 5.75 Å². The predicted molar refractivity (Wildman–Crippen MR) is 64.2 cm³/mol. The van der Waals surface area contributed by atoms with Crippen LogP contribution in [0.15, 0.2) is 18.2 Å². The van der Waals surface area contributed by atoms with E-state index in [1.807, 2.05) is 19.9 Å². The molecule has 2 aromatic rings. The second kappa shape index (κ2) is 3.67. The Morgan fingerprint density at radius 3 is 2.31 bits per heavy atom. The van der Waals surface area contributed by atoms with Crippen LogP contribution < -0.4 is 0 Å². The Balaban J connectivity index is 2.63. The average Bonchev–Trinajstić information content (AvgIpc) is 2.46. The van der Waals surface area contributed by atoms with Crippen LogP contribution in [0.5, 0.6) is 5.75 Å². The molecule has 0 amide bonds. The molecule has 0 aliphatic heterocycles. The molecule has 3 heteroatoms. The molecule has 84 valence electrons. The van der Waals surface area contributed by atoms with Gasteiger partial charge >= 0.3 is 0 Å². The lowest BCUT2D eigenvalue weighted by Crippen LogP contribution is -2.01. The van der Waals surface area contributed by atoms with Crippen molar-refractivity contribution in [3.8, 4) is 11.4 Å². The number of hydrogen-bond donors (Lipinski definition) is 1. The van der Waals surface area contributed by atoms with Crippen LogP contribution in [0, 0.1) is 27.7 Å². The number of aryl methyl sites for hydroxylation is 3. The molecule has 2 rings (SSSR count). The van der Waals surface area contributed by atoms with E-state index < -0.39 is 0 Å². The first-order chi connectivity index (χ1) is 7.50. The molecule has 1 heterocycles. The van der Waals surface area contributed by atoms with Gasteiger partial charge in [0.2, 0.25) is 0 Å². The number of nitrogens with zero attached hydrogens (tertiary/aromatic N) is 2. The Labute approximate surface area is 95.3 Å².